The number of esters is 1. The molecule has 158 valence electrons. The number of hydrogen-bond acceptors (Lipinski definition) is 5. The van der Waals surface area contributed by atoms with Crippen molar-refractivity contribution < 1.29 is 19.0 Å². The van der Waals surface area contributed by atoms with Crippen molar-refractivity contribution in [2.24, 2.45) is 34.0 Å². The second-order valence-corrected chi connectivity index (χ2v) is 11.5. The van der Waals surface area contributed by atoms with Crippen LogP contribution >= 0.6 is 0 Å². The summed E-state index contributed by atoms with van der Waals surface area (Å²) in [5.74, 6) is 1.54. The Labute approximate surface area is 173 Å². The lowest BCUT2D eigenvalue weighted by Gasteiger charge is -2.80. The van der Waals surface area contributed by atoms with Gasteiger partial charge < -0.3 is 14.2 Å². The fourth-order valence-electron chi connectivity index (χ4n) is 10.1. The maximum Gasteiger partial charge on any atom is 0.303 e. The summed E-state index contributed by atoms with van der Waals surface area (Å²) >= 11 is 0. The van der Waals surface area contributed by atoms with Crippen LogP contribution in [0.4, 0.5) is 0 Å². The van der Waals surface area contributed by atoms with Gasteiger partial charge >= 0.3 is 5.97 Å². The SMILES string of the molecule is C=C1C[C@]23CC[C@H]1C[C@H]2[C@@]12CCC[C@@]4(C)[C@@H]5OCCN5[C@H]1O[C@@H]3[C@@H](OC(C)=O)[C@H]42. The summed E-state index contributed by atoms with van der Waals surface area (Å²) in [5, 5.41) is 0. The van der Waals surface area contributed by atoms with Crippen LogP contribution in [-0.2, 0) is 19.0 Å². The van der Waals surface area contributed by atoms with E-state index in [0.29, 0.717) is 17.8 Å². The predicted molar refractivity (Wildman–Crippen MR) is 106 cm³/mol. The quantitative estimate of drug-likeness (QED) is 0.499. The molecule has 29 heavy (non-hydrogen) atoms. The largest absolute Gasteiger partial charge is 0.459 e. The first-order valence-electron chi connectivity index (χ1n) is 11.8. The van der Waals surface area contributed by atoms with Gasteiger partial charge in [0.25, 0.3) is 0 Å². The van der Waals surface area contributed by atoms with Gasteiger partial charge in [0.2, 0.25) is 0 Å². The van der Waals surface area contributed by atoms with E-state index in [4.69, 9.17) is 14.2 Å². The molecule has 7 bridgehead atoms. The van der Waals surface area contributed by atoms with Crippen molar-refractivity contribution in [2.45, 2.75) is 83.5 Å². The molecule has 4 saturated heterocycles. The zero-order valence-corrected chi connectivity index (χ0v) is 17.7. The van der Waals surface area contributed by atoms with Crippen molar-refractivity contribution in [1.29, 1.82) is 0 Å². The molecule has 0 aromatic rings. The van der Waals surface area contributed by atoms with Crippen molar-refractivity contribution in [3.63, 3.8) is 0 Å². The number of carbonyl (C=O) groups is 1. The zero-order valence-electron chi connectivity index (χ0n) is 17.7. The van der Waals surface area contributed by atoms with Gasteiger partial charge in [0.15, 0.2) is 0 Å². The summed E-state index contributed by atoms with van der Waals surface area (Å²) in [6, 6.07) is 0. The van der Waals surface area contributed by atoms with Crippen molar-refractivity contribution in [3.05, 3.63) is 12.2 Å². The number of rotatable bonds is 1. The lowest BCUT2D eigenvalue weighted by molar-refractivity contribution is -0.438. The van der Waals surface area contributed by atoms with E-state index in [9.17, 15) is 4.79 Å². The molecule has 2 spiro atoms. The lowest BCUT2D eigenvalue weighted by atomic mass is 9.32. The molecule has 0 radical (unpaired) electrons. The molecular formula is C24H33NO4. The standard InChI is InChI=1S/C24H33NO4/c1-13-12-23-8-5-15(13)11-16(23)24-7-4-6-22(3)18(24)17(28-14(2)26)19(23)29-21(24)25-9-10-27-20(22)25/h15-21H,1,4-12H2,2-3H3/t15-,16+,17-,18+,19+,20-,21-,22+,23+,24+/m0/s1. The van der Waals surface area contributed by atoms with Crippen LogP contribution in [0.15, 0.2) is 12.2 Å². The van der Waals surface area contributed by atoms with Crippen LogP contribution in [-0.4, -0.2) is 48.7 Å². The molecule has 5 saturated carbocycles. The fourth-order valence-corrected chi connectivity index (χ4v) is 10.1. The Kier molecular flexibility index (Phi) is 3.23. The number of fused-ring (bicyclic) bond motifs is 4. The first-order valence-corrected chi connectivity index (χ1v) is 11.8. The maximum absolute atomic E-state index is 12.3. The predicted octanol–water partition coefficient (Wildman–Crippen LogP) is 3.48. The number of ether oxygens (including phenoxy) is 3. The van der Waals surface area contributed by atoms with Gasteiger partial charge in [0, 0.05) is 35.6 Å². The van der Waals surface area contributed by atoms with E-state index in [1.165, 1.54) is 37.7 Å². The first kappa shape index (κ1) is 17.7. The van der Waals surface area contributed by atoms with Gasteiger partial charge in [-0.05, 0) is 50.4 Å². The number of carbonyl (C=O) groups excluding carboxylic acids is 1. The Bertz CT molecular complexity index is 813. The molecular weight excluding hydrogens is 366 g/mol. The molecule has 5 aliphatic carbocycles. The number of allylic oxidation sites excluding steroid dienone is 1. The van der Waals surface area contributed by atoms with Crippen LogP contribution in [0.25, 0.3) is 0 Å². The van der Waals surface area contributed by atoms with E-state index < -0.39 is 0 Å². The number of piperidine rings is 1. The molecule has 9 aliphatic rings. The molecule has 5 nitrogen and oxygen atoms in total. The minimum atomic E-state index is -0.160. The van der Waals surface area contributed by atoms with Crippen molar-refractivity contribution in [2.75, 3.05) is 13.2 Å². The maximum atomic E-state index is 12.3. The minimum Gasteiger partial charge on any atom is -0.459 e. The highest BCUT2D eigenvalue weighted by Gasteiger charge is 2.82. The average Bonchev–Trinajstić information content (AvgIpc) is 3.17. The Hall–Kier alpha value is -0.910. The second kappa shape index (κ2) is 5.28. The van der Waals surface area contributed by atoms with E-state index in [-0.39, 0.29) is 46.9 Å². The molecule has 0 aromatic heterocycles. The van der Waals surface area contributed by atoms with Crippen LogP contribution in [0.1, 0.15) is 58.8 Å². The molecule has 9 rings (SSSR count). The summed E-state index contributed by atoms with van der Waals surface area (Å²) in [4.78, 5) is 14.9. The molecule has 5 heteroatoms. The Morgan fingerprint density at radius 1 is 1.28 bits per heavy atom. The smallest absolute Gasteiger partial charge is 0.303 e. The summed E-state index contributed by atoms with van der Waals surface area (Å²) in [5.41, 5.74) is 1.66. The van der Waals surface area contributed by atoms with Crippen molar-refractivity contribution >= 4 is 5.97 Å². The topological polar surface area (TPSA) is 48.0 Å². The van der Waals surface area contributed by atoms with Gasteiger partial charge in [-0.25, -0.2) is 4.90 Å². The Morgan fingerprint density at radius 2 is 2.14 bits per heavy atom. The molecule has 10 atom stereocenters. The third-order valence-electron chi connectivity index (χ3n) is 10.6. The van der Waals surface area contributed by atoms with Gasteiger partial charge in [-0.15, -0.1) is 0 Å². The van der Waals surface area contributed by atoms with E-state index in [0.717, 1.165) is 26.0 Å². The van der Waals surface area contributed by atoms with E-state index >= 15 is 0 Å². The average molecular weight is 400 g/mol. The molecule has 9 fully saturated rings. The van der Waals surface area contributed by atoms with E-state index in [1.54, 1.807) is 6.92 Å². The van der Waals surface area contributed by atoms with E-state index in [1.807, 2.05) is 0 Å². The van der Waals surface area contributed by atoms with Crippen LogP contribution in [0.3, 0.4) is 0 Å². The van der Waals surface area contributed by atoms with Gasteiger partial charge in [0.1, 0.15) is 24.7 Å². The number of hydrogen-bond donors (Lipinski definition) is 0. The van der Waals surface area contributed by atoms with E-state index in [2.05, 4.69) is 18.4 Å². The molecule has 0 amide bonds. The van der Waals surface area contributed by atoms with Gasteiger partial charge in [0.05, 0.1) is 6.61 Å². The third-order valence-corrected chi connectivity index (χ3v) is 10.6. The van der Waals surface area contributed by atoms with Crippen LogP contribution in [0.5, 0.6) is 0 Å². The highest BCUT2D eigenvalue weighted by atomic mass is 16.6. The normalized spacial score (nSPS) is 59.4. The highest BCUT2D eigenvalue weighted by molar-refractivity contribution is 5.66. The lowest BCUT2D eigenvalue weighted by Crippen LogP contribution is -2.85. The molecule has 0 aromatic carbocycles. The second-order valence-electron chi connectivity index (χ2n) is 11.5. The molecule has 0 N–H and O–H groups in total. The summed E-state index contributed by atoms with van der Waals surface area (Å²) in [6.45, 7) is 10.2. The Morgan fingerprint density at radius 3 is 2.93 bits per heavy atom. The minimum absolute atomic E-state index is 0.00486. The highest BCUT2D eigenvalue weighted by Crippen LogP contribution is 2.79. The molecule has 0 unspecified atom stereocenters. The van der Waals surface area contributed by atoms with Crippen LogP contribution in [0, 0.1) is 34.0 Å². The fraction of sp³-hybridized carbons (Fsp3) is 0.875. The van der Waals surface area contributed by atoms with Gasteiger partial charge in [-0.3, -0.25) is 4.79 Å². The molecule has 4 heterocycles. The number of nitrogens with zero attached hydrogens (tertiary/aromatic N) is 1. The Balaban J connectivity index is 1.47. The van der Waals surface area contributed by atoms with Gasteiger partial charge in [-0.1, -0.05) is 25.5 Å². The van der Waals surface area contributed by atoms with Crippen LogP contribution < -0.4 is 0 Å². The van der Waals surface area contributed by atoms with Crippen LogP contribution in [0.2, 0.25) is 0 Å². The first-order chi connectivity index (χ1) is 13.9. The summed E-state index contributed by atoms with van der Waals surface area (Å²) in [6.07, 6.45) is 8.49. The van der Waals surface area contributed by atoms with Gasteiger partial charge in [-0.2, -0.15) is 0 Å². The zero-order chi connectivity index (χ0) is 19.8. The summed E-state index contributed by atoms with van der Waals surface area (Å²) < 4.78 is 19.6. The summed E-state index contributed by atoms with van der Waals surface area (Å²) in [7, 11) is 0. The monoisotopic (exact) mass is 399 g/mol. The molecule has 4 aliphatic heterocycles. The van der Waals surface area contributed by atoms with Crippen molar-refractivity contribution in [1.82, 2.24) is 4.90 Å². The van der Waals surface area contributed by atoms with Crippen molar-refractivity contribution in [3.8, 4) is 0 Å². The third kappa shape index (κ3) is 1.77.